The lowest BCUT2D eigenvalue weighted by Crippen LogP contribution is -2.41. The summed E-state index contributed by atoms with van der Waals surface area (Å²) in [6.45, 7) is 11.2. The van der Waals surface area contributed by atoms with E-state index < -0.39 is 0 Å². The topological polar surface area (TPSA) is 59.4 Å². The Morgan fingerprint density at radius 1 is 1.33 bits per heavy atom. The molecule has 1 aliphatic heterocycles. The lowest BCUT2D eigenvalue weighted by molar-refractivity contribution is 0.0383. The highest BCUT2D eigenvalue weighted by atomic mass is 16.5. The van der Waals surface area contributed by atoms with Crippen LogP contribution in [0, 0.1) is 0 Å². The molecule has 0 bridgehead atoms. The van der Waals surface area contributed by atoms with Gasteiger partial charge in [0.2, 0.25) is 0 Å². The number of fused-ring (bicyclic) bond motifs is 1. The molecule has 3 heterocycles. The van der Waals surface area contributed by atoms with Gasteiger partial charge in [-0.05, 0) is 32.9 Å². The standard InChI is InChI=1S/C18H26N4O2/c1-18(2,3)22-13-15(14-5-4-6-19-16(14)22)17(23)20-7-8-21-9-11-24-12-10-21/h4-6,13H,7-12H2,1-3H3,(H,20,23). The highest BCUT2D eigenvalue weighted by Gasteiger charge is 2.22. The van der Waals surface area contributed by atoms with Crippen molar-refractivity contribution >= 4 is 16.9 Å². The van der Waals surface area contributed by atoms with E-state index in [-0.39, 0.29) is 11.4 Å². The van der Waals surface area contributed by atoms with Crippen molar-refractivity contribution in [2.75, 3.05) is 39.4 Å². The second-order valence-electron chi connectivity index (χ2n) is 7.17. The van der Waals surface area contributed by atoms with Gasteiger partial charge in [0.05, 0.1) is 18.8 Å². The average molecular weight is 330 g/mol. The number of ether oxygens (including phenoxy) is 1. The molecule has 2 aromatic rings. The summed E-state index contributed by atoms with van der Waals surface area (Å²) < 4.78 is 7.41. The van der Waals surface area contributed by atoms with Crippen molar-refractivity contribution in [1.82, 2.24) is 19.8 Å². The molecule has 0 atom stereocenters. The van der Waals surface area contributed by atoms with Gasteiger partial charge in [-0.25, -0.2) is 4.98 Å². The molecule has 6 nitrogen and oxygen atoms in total. The molecule has 0 aromatic carbocycles. The number of hydrogen-bond acceptors (Lipinski definition) is 4. The number of nitrogens with zero attached hydrogens (tertiary/aromatic N) is 3. The van der Waals surface area contributed by atoms with E-state index in [9.17, 15) is 4.79 Å². The minimum absolute atomic E-state index is 0.0377. The van der Waals surface area contributed by atoms with Gasteiger partial charge in [0, 0.05) is 49.5 Å². The molecule has 130 valence electrons. The van der Waals surface area contributed by atoms with Crippen molar-refractivity contribution in [2.45, 2.75) is 26.3 Å². The van der Waals surface area contributed by atoms with Crippen LogP contribution < -0.4 is 5.32 Å². The molecule has 1 saturated heterocycles. The van der Waals surface area contributed by atoms with Crippen molar-refractivity contribution in [1.29, 1.82) is 0 Å². The Hall–Kier alpha value is -1.92. The van der Waals surface area contributed by atoms with E-state index in [4.69, 9.17) is 4.74 Å². The third-order valence-corrected chi connectivity index (χ3v) is 4.35. The van der Waals surface area contributed by atoms with Gasteiger partial charge in [-0.3, -0.25) is 9.69 Å². The predicted molar refractivity (Wildman–Crippen MR) is 94.3 cm³/mol. The van der Waals surface area contributed by atoms with E-state index in [1.807, 2.05) is 18.3 Å². The largest absolute Gasteiger partial charge is 0.379 e. The molecule has 6 heteroatoms. The number of carbonyl (C=O) groups is 1. The number of morpholine rings is 1. The number of rotatable bonds is 4. The highest BCUT2D eigenvalue weighted by Crippen LogP contribution is 2.25. The van der Waals surface area contributed by atoms with Crippen molar-refractivity contribution in [3.05, 3.63) is 30.1 Å². The summed E-state index contributed by atoms with van der Waals surface area (Å²) in [6, 6.07) is 3.83. The summed E-state index contributed by atoms with van der Waals surface area (Å²) in [7, 11) is 0. The van der Waals surface area contributed by atoms with E-state index in [2.05, 4.69) is 40.5 Å². The normalized spacial score (nSPS) is 16.5. The van der Waals surface area contributed by atoms with Crippen LogP contribution in [0.3, 0.4) is 0 Å². The molecule has 24 heavy (non-hydrogen) atoms. The van der Waals surface area contributed by atoms with Crippen LogP contribution in [0.15, 0.2) is 24.5 Å². The Balaban J connectivity index is 1.72. The molecule has 2 aromatic heterocycles. The van der Waals surface area contributed by atoms with Crippen LogP contribution in [0.5, 0.6) is 0 Å². The molecular formula is C18H26N4O2. The number of aromatic nitrogens is 2. The Morgan fingerprint density at radius 2 is 2.08 bits per heavy atom. The number of pyridine rings is 1. The van der Waals surface area contributed by atoms with Gasteiger partial charge < -0.3 is 14.6 Å². The minimum Gasteiger partial charge on any atom is -0.379 e. The monoisotopic (exact) mass is 330 g/mol. The molecule has 0 aliphatic carbocycles. The maximum Gasteiger partial charge on any atom is 0.253 e. The van der Waals surface area contributed by atoms with Crippen LogP contribution in [-0.2, 0) is 10.3 Å². The SMILES string of the molecule is CC(C)(C)n1cc(C(=O)NCCN2CCOCC2)c2cccnc21. The Bertz CT molecular complexity index is 711. The molecule has 0 saturated carbocycles. The highest BCUT2D eigenvalue weighted by molar-refractivity contribution is 6.06. The maximum atomic E-state index is 12.6. The third kappa shape index (κ3) is 3.60. The molecule has 1 N–H and O–H groups in total. The third-order valence-electron chi connectivity index (χ3n) is 4.35. The average Bonchev–Trinajstić information content (AvgIpc) is 2.96. The number of hydrogen-bond donors (Lipinski definition) is 1. The van der Waals surface area contributed by atoms with Crippen LogP contribution in [0.4, 0.5) is 0 Å². The van der Waals surface area contributed by atoms with E-state index in [1.165, 1.54) is 0 Å². The fourth-order valence-corrected chi connectivity index (χ4v) is 3.00. The Labute approximate surface area is 142 Å². The van der Waals surface area contributed by atoms with Gasteiger partial charge in [-0.15, -0.1) is 0 Å². The lowest BCUT2D eigenvalue weighted by Gasteiger charge is -2.26. The van der Waals surface area contributed by atoms with Gasteiger partial charge in [0.1, 0.15) is 5.65 Å². The molecular weight excluding hydrogens is 304 g/mol. The predicted octanol–water partition coefficient (Wildman–Crippen LogP) is 1.85. The number of nitrogens with one attached hydrogen (secondary N) is 1. The van der Waals surface area contributed by atoms with Crippen molar-refractivity contribution in [3.63, 3.8) is 0 Å². The minimum atomic E-state index is -0.126. The Morgan fingerprint density at radius 3 is 2.79 bits per heavy atom. The van der Waals surface area contributed by atoms with Crippen LogP contribution in [0.1, 0.15) is 31.1 Å². The lowest BCUT2D eigenvalue weighted by atomic mass is 10.1. The van der Waals surface area contributed by atoms with Gasteiger partial charge >= 0.3 is 0 Å². The van der Waals surface area contributed by atoms with Gasteiger partial charge in [0.15, 0.2) is 0 Å². The quantitative estimate of drug-likeness (QED) is 0.929. The molecule has 1 aliphatic rings. The van der Waals surface area contributed by atoms with Crippen molar-refractivity contribution < 1.29 is 9.53 Å². The van der Waals surface area contributed by atoms with Gasteiger partial charge in [-0.1, -0.05) is 0 Å². The second-order valence-corrected chi connectivity index (χ2v) is 7.17. The zero-order chi connectivity index (χ0) is 17.2. The van der Waals surface area contributed by atoms with Gasteiger partial charge in [0.25, 0.3) is 5.91 Å². The first kappa shape index (κ1) is 16.9. The van der Waals surface area contributed by atoms with Crippen LogP contribution >= 0.6 is 0 Å². The van der Waals surface area contributed by atoms with Crippen molar-refractivity contribution in [2.24, 2.45) is 0 Å². The van der Waals surface area contributed by atoms with Crippen LogP contribution in [-0.4, -0.2) is 59.8 Å². The first-order chi connectivity index (χ1) is 11.5. The maximum absolute atomic E-state index is 12.6. The molecule has 0 radical (unpaired) electrons. The number of amides is 1. The molecule has 0 unspecified atom stereocenters. The molecule has 1 fully saturated rings. The summed E-state index contributed by atoms with van der Waals surface area (Å²) in [4.78, 5) is 19.4. The molecule has 0 spiro atoms. The number of carbonyl (C=O) groups excluding carboxylic acids is 1. The zero-order valence-electron chi connectivity index (χ0n) is 14.7. The smallest absolute Gasteiger partial charge is 0.253 e. The van der Waals surface area contributed by atoms with E-state index in [0.717, 1.165) is 43.9 Å². The zero-order valence-corrected chi connectivity index (χ0v) is 14.7. The summed E-state index contributed by atoms with van der Waals surface area (Å²) >= 11 is 0. The van der Waals surface area contributed by atoms with Gasteiger partial charge in [-0.2, -0.15) is 0 Å². The Kier molecular flexibility index (Phi) is 4.87. The van der Waals surface area contributed by atoms with Crippen molar-refractivity contribution in [3.8, 4) is 0 Å². The van der Waals surface area contributed by atoms with E-state index in [1.54, 1.807) is 6.20 Å². The fraction of sp³-hybridized carbons (Fsp3) is 0.556. The van der Waals surface area contributed by atoms with E-state index in [0.29, 0.717) is 12.1 Å². The van der Waals surface area contributed by atoms with Crippen LogP contribution in [0.2, 0.25) is 0 Å². The molecule has 1 amide bonds. The summed E-state index contributed by atoms with van der Waals surface area (Å²) in [6.07, 6.45) is 3.69. The summed E-state index contributed by atoms with van der Waals surface area (Å²) in [5, 5.41) is 3.94. The fourth-order valence-electron chi connectivity index (χ4n) is 3.00. The summed E-state index contributed by atoms with van der Waals surface area (Å²) in [5.74, 6) is -0.0377. The van der Waals surface area contributed by atoms with E-state index >= 15 is 0 Å². The first-order valence-electron chi connectivity index (χ1n) is 8.51. The summed E-state index contributed by atoms with van der Waals surface area (Å²) in [5.41, 5.74) is 1.41. The van der Waals surface area contributed by atoms with Crippen LogP contribution in [0.25, 0.3) is 11.0 Å². The first-order valence-corrected chi connectivity index (χ1v) is 8.51. The second kappa shape index (κ2) is 6.91. The molecule has 3 rings (SSSR count).